The topological polar surface area (TPSA) is 67.4 Å². The standard InChI is InChI=1S/C14H15N5S/c1-19-13(11-3-2-6-16-9-11)17-18-14(19)20-12-5-4-10(7-12)8-15/h2-3,6,9-10,12H,4-5,7H2,1H3/t10-,12+/m1/s1. The highest BCUT2D eigenvalue weighted by atomic mass is 32.2. The van der Waals surface area contributed by atoms with Gasteiger partial charge in [0.1, 0.15) is 0 Å². The SMILES string of the molecule is Cn1c(S[C@H]2CC[C@@H](C#N)C2)nnc1-c1cccnc1. The lowest BCUT2D eigenvalue weighted by Gasteiger charge is -2.08. The maximum atomic E-state index is 8.96. The van der Waals surface area contributed by atoms with Gasteiger partial charge in [-0.15, -0.1) is 10.2 Å². The second-order valence-electron chi connectivity index (χ2n) is 4.99. The summed E-state index contributed by atoms with van der Waals surface area (Å²) in [4.78, 5) is 4.11. The number of hydrogen-bond donors (Lipinski definition) is 0. The minimum Gasteiger partial charge on any atom is -0.305 e. The lowest BCUT2D eigenvalue weighted by Crippen LogP contribution is -2.01. The second kappa shape index (κ2) is 5.63. The van der Waals surface area contributed by atoms with Crippen molar-refractivity contribution in [3.8, 4) is 17.5 Å². The van der Waals surface area contributed by atoms with Crippen LogP contribution in [0, 0.1) is 17.2 Å². The fourth-order valence-electron chi connectivity index (χ4n) is 2.48. The highest BCUT2D eigenvalue weighted by Gasteiger charge is 2.27. The van der Waals surface area contributed by atoms with Crippen LogP contribution in [-0.2, 0) is 7.05 Å². The van der Waals surface area contributed by atoms with Gasteiger partial charge in [0.05, 0.1) is 6.07 Å². The van der Waals surface area contributed by atoms with Gasteiger partial charge < -0.3 is 4.57 Å². The molecule has 6 heteroatoms. The first kappa shape index (κ1) is 13.1. The fraction of sp³-hybridized carbons (Fsp3) is 0.429. The summed E-state index contributed by atoms with van der Waals surface area (Å²) < 4.78 is 2.00. The first-order valence-corrected chi connectivity index (χ1v) is 7.52. The molecule has 2 atom stereocenters. The molecule has 0 bridgehead atoms. The molecule has 0 spiro atoms. The first-order chi connectivity index (χ1) is 9.78. The van der Waals surface area contributed by atoms with Gasteiger partial charge in [-0.3, -0.25) is 4.98 Å². The minimum atomic E-state index is 0.207. The molecular weight excluding hydrogens is 270 g/mol. The van der Waals surface area contributed by atoms with Gasteiger partial charge in [0.2, 0.25) is 0 Å². The van der Waals surface area contributed by atoms with Crippen molar-refractivity contribution in [2.75, 3.05) is 0 Å². The smallest absolute Gasteiger partial charge is 0.191 e. The molecule has 0 radical (unpaired) electrons. The van der Waals surface area contributed by atoms with Crippen LogP contribution in [0.15, 0.2) is 29.7 Å². The second-order valence-corrected chi connectivity index (χ2v) is 6.25. The number of rotatable bonds is 3. The number of aromatic nitrogens is 4. The lowest BCUT2D eigenvalue weighted by atomic mass is 10.1. The number of thioether (sulfide) groups is 1. The number of hydrogen-bond acceptors (Lipinski definition) is 5. The van der Waals surface area contributed by atoms with Crippen molar-refractivity contribution in [3.63, 3.8) is 0 Å². The molecule has 20 heavy (non-hydrogen) atoms. The van der Waals surface area contributed by atoms with E-state index < -0.39 is 0 Å². The molecule has 2 heterocycles. The summed E-state index contributed by atoms with van der Waals surface area (Å²) in [6.07, 6.45) is 6.57. The summed E-state index contributed by atoms with van der Waals surface area (Å²) in [5.41, 5.74) is 0.968. The minimum absolute atomic E-state index is 0.207. The van der Waals surface area contributed by atoms with Crippen LogP contribution in [0.2, 0.25) is 0 Å². The molecule has 0 amide bonds. The van der Waals surface area contributed by atoms with Crippen LogP contribution in [0.1, 0.15) is 19.3 Å². The van der Waals surface area contributed by atoms with Crippen molar-refractivity contribution in [2.45, 2.75) is 29.7 Å². The Morgan fingerprint density at radius 3 is 3.00 bits per heavy atom. The van der Waals surface area contributed by atoms with E-state index in [9.17, 15) is 0 Å². The molecule has 1 saturated carbocycles. The molecule has 0 N–H and O–H groups in total. The molecular formula is C14H15N5S. The summed E-state index contributed by atoms with van der Waals surface area (Å²) >= 11 is 1.73. The van der Waals surface area contributed by atoms with Crippen molar-refractivity contribution in [1.29, 1.82) is 5.26 Å². The molecule has 2 aromatic rings. The van der Waals surface area contributed by atoms with Gasteiger partial charge in [-0.2, -0.15) is 5.26 Å². The Hall–Kier alpha value is -1.87. The molecule has 3 rings (SSSR count). The van der Waals surface area contributed by atoms with Crippen LogP contribution in [0.5, 0.6) is 0 Å². The Bertz CT molecular complexity index is 631. The van der Waals surface area contributed by atoms with Gasteiger partial charge in [-0.05, 0) is 31.4 Å². The maximum absolute atomic E-state index is 8.96. The van der Waals surface area contributed by atoms with Gasteiger partial charge >= 0.3 is 0 Å². The molecule has 102 valence electrons. The van der Waals surface area contributed by atoms with E-state index in [2.05, 4.69) is 21.3 Å². The van der Waals surface area contributed by atoms with Crippen LogP contribution in [0.25, 0.3) is 11.4 Å². The highest BCUT2D eigenvalue weighted by Crippen LogP contribution is 2.37. The summed E-state index contributed by atoms with van der Waals surface area (Å²) in [6, 6.07) is 6.23. The monoisotopic (exact) mass is 285 g/mol. The van der Waals surface area contributed by atoms with E-state index in [0.717, 1.165) is 35.8 Å². The average Bonchev–Trinajstić information content (AvgIpc) is 3.08. The van der Waals surface area contributed by atoms with Crippen molar-refractivity contribution >= 4 is 11.8 Å². The molecule has 0 unspecified atom stereocenters. The van der Waals surface area contributed by atoms with Crippen molar-refractivity contribution < 1.29 is 0 Å². The number of nitrogens with zero attached hydrogens (tertiary/aromatic N) is 5. The lowest BCUT2D eigenvalue weighted by molar-refractivity contribution is 0.702. The zero-order valence-electron chi connectivity index (χ0n) is 11.2. The predicted molar refractivity (Wildman–Crippen MR) is 76.8 cm³/mol. The van der Waals surface area contributed by atoms with E-state index in [1.807, 2.05) is 23.7 Å². The molecule has 0 aliphatic heterocycles. The highest BCUT2D eigenvalue weighted by molar-refractivity contribution is 7.99. The summed E-state index contributed by atoms with van der Waals surface area (Å²) in [5, 5.41) is 18.9. The van der Waals surface area contributed by atoms with Crippen LogP contribution in [0.4, 0.5) is 0 Å². The first-order valence-electron chi connectivity index (χ1n) is 6.64. The third kappa shape index (κ3) is 2.54. The van der Waals surface area contributed by atoms with Gasteiger partial charge in [0, 0.05) is 36.2 Å². The largest absolute Gasteiger partial charge is 0.305 e. The zero-order valence-corrected chi connectivity index (χ0v) is 12.0. The quantitative estimate of drug-likeness (QED) is 0.867. The van der Waals surface area contributed by atoms with Crippen molar-refractivity contribution in [3.05, 3.63) is 24.5 Å². The van der Waals surface area contributed by atoms with Crippen LogP contribution in [-0.4, -0.2) is 25.0 Å². The van der Waals surface area contributed by atoms with E-state index in [4.69, 9.17) is 5.26 Å². The summed E-state index contributed by atoms with van der Waals surface area (Å²) in [5.74, 6) is 1.04. The van der Waals surface area contributed by atoms with Gasteiger partial charge in [-0.1, -0.05) is 11.8 Å². The Labute approximate surface area is 122 Å². The van der Waals surface area contributed by atoms with E-state index in [1.165, 1.54) is 0 Å². The van der Waals surface area contributed by atoms with E-state index in [1.54, 1.807) is 24.2 Å². The van der Waals surface area contributed by atoms with Gasteiger partial charge in [-0.25, -0.2) is 0 Å². The van der Waals surface area contributed by atoms with Gasteiger partial charge in [0.15, 0.2) is 11.0 Å². The molecule has 1 fully saturated rings. The summed E-state index contributed by atoms with van der Waals surface area (Å²) in [7, 11) is 1.97. The predicted octanol–water partition coefficient (Wildman–Crippen LogP) is 2.66. The number of nitriles is 1. The fourth-order valence-corrected chi connectivity index (χ4v) is 3.69. The van der Waals surface area contributed by atoms with Crippen LogP contribution < -0.4 is 0 Å². The normalized spacial score (nSPS) is 21.8. The summed E-state index contributed by atoms with van der Waals surface area (Å²) in [6.45, 7) is 0. The Morgan fingerprint density at radius 2 is 2.30 bits per heavy atom. The Balaban J connectivity index is 1.77. The molecule has 5 nitrogen and oxygen atoms in total. The van der Waals surface area contributed by atoms with Crippen molar-refractivity contribution in [1.82, 2.24) is 19.7 Å². The molecule has 2 aromatic heterocycles. The molecule has 0 aromatic carbocycles. The van der Waals surface area contributed by atoms with Crippen molar-refractivity contribution in [2.24, 2.45) is 13.0 Å². The van der Waals surface area contributed by atoms with E-state index >= 15 is 0 Å². The van der Waals surface area contributed by atoms with E-state index in [0.29, 0.717) is 5.25 Å². The Kier molecular flexibility index (Phi) is 3.70. The van der Waals surface area contributed by atoms with Crippen LogP contribution in [0.3, 0.4) is 0 Å². The molecule has 1 aliphatic rings. The maximum Gasteiger partial charge on any atom is 0.191 e. The van der Waals surface area contributed by atoms with Gasteiger partial charge in [0.25, 0.3) is 0 Å². The number of pyridine rings is 1. The zero-order chi connectivity index (χ0) is 13.9. The van der Waals surface area contributed by atoms with E-state index in [-0.39, 0.29) is 5.92 Å². The Morgan fingerprint density at radius 1 is 1.40 bits per heavy atom. The average molecular weight is 285 g/mol. The third-order valence-electron chi connectivity index (χ3n) is 3.59. The molecule has 0 saturated heterocycles. The third-order valence-corrected chi connectivity index (χ3v) is 4.92. The van der Waals surface area contributed by atoms with Crippen LogP contribution >= 0.6 is 11.8 Å². The molecule has 1 aliphatic carbocycles.